The predicted molar refractivity (Wildman–Crippen MR) is 92.0 cm³/mol. The van der Waals surface area contributed by atoms with Gasteiger partial charge in [0.25, 0.3) is 0 Å². The molecule has 1 atom stereocenters. The number of carbonyl (C=O) groups excluding carboxylic acids is 1. The van der Waals surface area contributed by atoms with E-state index in [9.17, 15) is 14.0 Å². The van der Waals surface area contributed by atoms with Crippen molar-refractivity contribution in [1.29, 1.82) is 0 Å². The van der Waals surface area contributed by atoms with Crippen molar-refractivity contribution in [3.63, 3.8) is 0 Å². The second kappa shape index (κ2) is 7.03. The summed E-state index contributed by atoms with van der Waals surface area (Å²) in [6.45, 7) is 0.909. The maximum atomic E-state index is 13.9. The molecule has 0 saturated carbocycles. The van der Waals surface area contributed by atoms with Gasteiger partial charge in [-0.2, -0.15) is 0 Å². The van der Waals surface area contributed by atoms with Gasteiger partial charge >= 0.3 is 5.97 Å². The molecule has 1 saturated heterocycles. The SMILES string of the molecule is CN(Cc1cccc(C(=O)O)c1)C1CCN(c2ccccc2F)C1=O. The largest absolute Gasteiger partial charge is 0.478 e. The lowest BCUT2D eigenvalue weighted by Gasteiger charge is -2.24. The number of rotatable bonds is 5. The summed E-state index contributed by atoms with van der Waals surface area (Å²) in [6.07, 6.45) is 0.599. The number of aromatic carboxylic acids is 1. The fourth-order valence-electron chi connectivity index (χ4n) is 3.18. The number of amides is 1. The molecule has 1 aliphatic rings. The number of carbonyl (C=O) groups is 2. The first-order valence-electron chi connectivity index (χ1n) is 8.06. The van der Waals surface area contributed by atoms with E-state index in [0.29, 0.717) is 25.2 Å². The Balaban J connectivity index is 1.72. The summed E-state index contributed by atoms with van der Waals surface area (Å²) in [5.41, 5.74) is 1.34. The lowest BCUT2D eigenvalue weighted by atomic mass is 10.1. The van der Waals surface area contributed by atoms with Crippen LogP contribution in [-0.4, -0.2) is 41.5 Å². The number of carboxylic acid groups (broad SMARTS) is 1. The molecule has 1 amide bonds. The van der Waals surface area contributed by atoms with Gasteiger partial charge in [0.1, 0.15) is 5.82 Å². The molecule has 5 nitrogen and oxygen atoms in total. The van der Waals surface area contributed by atoms with Gasteiger partial charge in [0.05, 0.1) is 17.3 Å². The Morgan fingerprint density at radius 1 is 1.28 bits per heavy atom. The Morgan fingerprint density at radius 3 is 2.76 bits per heavy atom. The van der Waals surface area contributed by atoms with Crippen molar-refractivity contribution in [2.24, 2.45) is 0 Å². The third-order valence-corrected chi connectivity index (χ3v) is 4.46. The molecule has 1 heterocycles. The average Bonchev–Trinajstić information content (AvgIpc) is 2.97. The first-order chi connectivity index (χ1) is 12.0. The molecule has 2 aromatic rings. The summed E-state index contributed by atoms with van der Waals surface area (Å²) in [7, 11) is 1.82. The number of likely N-dealkylation sites (N-methyl/N-ethyl adjacent to an activating group) is 1. The quantitative estimate of drug-likeness (QED) is 0.908. The lowest BCUT2D eigenvalue weighted by Crippen LogP contribution is -2.39. The molecule has 0 bridgehead atoms. The highest BCUT2D eigenvalue weighted by molar-refractivity contribution is 5.99. The zero-order valence-corrected chi connectivity index (χ0v) is 13.9. The normalized spacial score (nSPS) is 17.3. The van der Waals surface area contributed by atoms with Gasteiger partial charge in [-0.25, -0.2) is 9.18 Å². The van der Waals surface area contributed by atoms with Crippen LogP contribution >= 0.6 is 0 Å². The van der Waals surface area contributed by atoms with Crippen molar-refractivity contribution in [3.8, 4) is 0 Å². The van der Waals surface area contributed by atoms with E-state index < -0.39 is 11.8 Å². The number of halogens is 1. The van der Waals surface area contributed by atoms with Gasteiger partial charge in [0.2, 0.25) is 5.91 Å². The highest BCUT2D eigenvalue weighted by Crippen LogP contribution is 2.26. The smallest absolute Gasteiger partial charge is 0.335 e. The molecule has 6 heteroatoms. The highest BCUT2D eigenvalue weighted by atomic mass is 19.1. The summed E-state index contributed by atoms with van der Waals surface area (Å²) in [4.78, 5) is 27.1. The van der Waals surface area contributed by atoms with Crippen molar-refractivity contribution >= 4 is 17.6 Å². The van der Waals surface area contributed by atoms with Crippen LogP contribution in [0.2, 0.25) is 0 Å². The van der Waals surface area contributed by atoms with Crippen LogP contribution in [-0.2, 0) is 11.3 Å². The second-order valence-corrected chi connectivity index (χ2v) is 6.17. The zero-order valence-electron chi connectivity index (χ0n) is 13.9. The van der Waals surface area contributed by atoms with Gasteiger partial charge in [0.15, 0.2) is 0 Å². The molecular formula is C19H19FN2O3. The van der Waals surface area contributed by atoms with E-state index in [1.165, 1.54) is 17.0 Å². The lowest BCUT2D eigenvalue weighted by molar-refractivity contribution is -0.121. The molecule has 130 valence electrons. The van der Waals surface area contributed by atoms with E-state index in [2.05, 4.69) is 0 Å². The Hall–Kier alpha value is -2.73. The number of carboxylic acids is 1. The van der Waals surface area contributed by atoms with Crippen LogP contribution in [0.3, 0.4) is 0 Å². The molecule has 0 aliphatic carbocycles. The van der Waals surface area contributed by atoms with Gasteiger partial charge in [-0.15, -0.1) is 0 Å². The van der Waals surface area contributed by atoms with Gasteiger partial charge in [0, 0.05) is 13.1 Å². The van der Waals surface area contributed by atoms with Crippen LogP contribution in [0.4, 0.5) is 10.1 Å². The topological polar surface area (TPSA) is 60.9 Å². The minimum Gasteiger partial charge on any atom is -0.478 e. The van der Waals surface area contributed by atoms with Crippen molar-refractivity contribution in [3.05, 3.63) is 65.5 Å². The van der Waals surface area contributed by atoms with Crippen LogP contribution in [0.25, 0.3) is 0 Å². The zero-order chi connectivity index (χ0) is 18.0. The molecule has 0 spiro atoms. The predicted octanol–water partition coefficient (Wildman–Crippen LogP) is 2.76. The van der Waals surface area contributed by atoms with E-state index in [4.69, 9.17) is 5.11 Å². The summed E-state index contributed by atoms with van der Waals surface area (Å²) in [5, 5.41) is 9.07. The monoisotopic (exact) mass is 342 g/mol. The summed E-state index contributed by atoms with van der Waals surface area (Å²) < 4.78 is 13.9. The minimum atomic E-state index is -0.979. The minimum absolute atomic E-state index is 0.137. The molecular weight excluding hydrogens is 323 g/mol. The van der Waals surface area contributed by atoms with Crippen LogP contribution in [0, 0.1) is 5.82 Å². The number of anilines is 1. The van der Waals surface area contributed by atoms with Gasteiger partial charge in [-0.3, -0.25) is 9.69 Å². The molecule has 25 heavy (non-hydrogen) atoms. The molecule has 1 N–H and O–H groups in total. The first-order valence-corrected chi connectivity index (χ1v) is 8.06. The molecule has 1 unspecified atom stereocenters. The summed E-state index contributed by atoms with van der Waals surface area (Å²) in [6, 6.07) is 12.6. The number of para-hydroxylation sites is 1. The third kappa shape index (κ3) is 3.53. The highest BCUT2D eigenvalue weighted by Gasteiger charge is 2.36. The Morgan fingerprint density at radius 2 is 2.04 bits per heavy atom. The van der Waals surface area contributed by atoms with E-state index in [1.807, 2.05) is 18.0 Å². The standard InChI is InChI=1S/C19H19FN2O3/c1-21(12-13-5-4-6-14(11-13)19(24)25)17-9-10-22(18(17)23)16-8-3-2-7-15(16)20/h2-8,11,17H,9-10,12H2,1H3,(H,24,25). The third-order valence-electron chi connectivity index (χ3n) is 4.46. The van der Waals surface area contributed by atoms with Crippen LogP contribution < -0.4 is 4.90 Å². The Labute approximate surface area is 145 Å². The van der Waals surface area contributed by atoms with Crippen molar-refractivity contribution in [2.75, 3.05) is 18.5 Å². The van der Waals surface area contributed by atoms with E-state index in [-0.39, 0.29) is 17.5 Å². The van der Waals surface area contributed by atoms with Crippen molar-refractivity contribution in [1.82, 2.24) is 4.90 Å². The number of hydrogen-bond donors (Lipinski definition) is 1. The van der Waals surface area contributed by atoms with Crippen molar-refractivity contribution in [2.45, 2.75) is 19.0 Å². The molecule has 1 fully saturated rings. The molecule has 1 aliphatic heterocycles. The van der Waals surface area contributed by atoms with Crippen LogP contribution in [0.1, 0.15) is 22.3 Å². The van der Waals surface area contributed by atoms with Crippen molar-refractivity contribution < 1.29 is 19.1 Å². The Kier molecular flexibility index (Phi) is 4.81. The summed E-state index contributed by atoms with van der Waals surface area (Å²) in [5.74, 6) is -1.53. The Bertz CT molecular complexity index is 809. The molecule has 0 radical (unpaired) electrons. The molecule has 2 aromatic carbocycles. The molecule has 3 rings (SSSR count). The van der Waals surface area contributed by atoms with Crippen LogP contribution in [0.15, 0.2) is 48.5 Å². The maximum absolute atomic E-state index is 13.9. The van der Waals surface area contributed by atoms with Crippen LogP contribution in [0.5, 0.6) is 0 Å². The fraction of sp³-hybridized carbons (Fsp3) is 0.263. The number of hydrogen-bond acceptors (Lipinski definition) is 3. The number of nitrogens with zero attached hydrogens (tertiary/aromatic N) is 2. The fourth-order valence-corrected chi connectivity index (χ4v) is 3.18. The van der Waals surface area contributed by atoms with Gasteiger partial charge in [-0.05, 0) is 43.3 Å². The van der Waals surface area contributed by atoms with Gasteiger partial charge in [-0.1, -0.05) is 24.3 Å². The van der Waals surface area contributed by atoms with E-state index >= 15 is 0 Å². The number of benzene rings is 2. The summed E-state index contributed by atoms with van der Waals surface area (Å²) >= 11 is 0. The second-order valence-electron chi connectivity index (χ2n) is 6.17. The first kappa shape index (κ1) is 17.1. The molecule has 0 aromatic heterocycles. The van der Waals surface area contributed by atoms with Gasteiger partial charge < -0.3 is 10.0 Å². The van der Waals surface area contributed by atoms with E-state index in [1.54, 1.807) is 30.3 Å². The van der Waals surface area contributed by atoms with E-state index in [0.717, 1.165) is 5.56 Å². The maximum Gasteiger partial charge on any atom is 0.335 e. The average molecular weight is 342 g/mol.